The molecule has 0 saturated heterocycles. The second kappa shape index (κ2) is 9.00. The van der Waals surface area contributed by atoms with E-state index in [1.54, 1.807) is 41.5 Å². The first-order chi connectivity index (χ1) is 16.5. The first kappa shape index (κ1) is 21.7. The van der Waals surface area contributed by atoms with Gasteiger partial charge in [0.25, 0.3) is 0 Å². The molecular weight excluding hydrogens is 454 g/mol. The highest BCUT2D eigenvalue weighted by molar-refractivity contribution is 7.89. The first-order valence-corrected chi connectivity index (χ1v) is 12.0. The predicted octanol–water partition coefficient (Wildman–Crippen LogP) is 1.66. The van der Waals surface area contributed by atoms with E-state index in [4.69, 9.17) is 10.1 Å². The van der Waals surface area contributed by atoms with Crippen molar-refractivity contribution in [2.24, 2.45) is 5.14 Å². The maximum absolute atomic E-state index is 12.3. The van der Waals surface area contributed by atoms with Gasteiger partial charge < -0.3 is 0 Å². The Morgan fingerprint density at radius 1 is 0.853 bits per heavy atom. The van der Waals surface area contributed by atoms with Crippen LogP contribution in [0.1, 0.15) is 11.4 Å². The van der Waals surface area contributed by atoms with Crippen molar-refractivity contribution in [2.45, 2.75) is 24.4 Å². The topological polar surface area (TPSA) is 139 Å². The lowest BCUT2D eigenvalue weighted by molar-refractivity contribution is 0.500. The van der Waals surface area contributed by atoms with E-state index >= 15 is 0 Å². The summed E-state index contributed by atoms with van der Waals surface area (Å²) in [4.78, 5) is 8.69. The number of primary sulfonamides is 1. The fourth-order valence-electron chi connectivity index (χ4n) is 3.56. The van der Waals surface area contributed by atoms with Crippen LogP contribution in [-0.4, -0.2) is 47.7 Å². The van der Waals surface area contributed by atoms with Crippen molar-refractivity contribution >= 4 is 10.0 Å². The van der Waals surface area contributed by atoms with Crippen LogP contribution >= 0.6 is 0 Å². The average Bonchev–Trinajstić information content (AvgIpc) is 3.59. The summed E-state index contributed by atoms with van der Waals surface area (Å²) in [7, 11) is -3.99. The number of hydrogen-bond donors (Lipinski definition) is 1. The van der Waals surface area contributed by atoms with E-state index in [9.17, 15) is 8.42 Å². The number of nitrogens with zero attached hydrogens (tertiary/aromatic N) is 8. The zero-order valence-corrected chi connectivity index (χ0v) is 18.8. The SMILES string of the molecule is NS(=O)(=O)c1ccccc1-n1nc(Cc2ccncc2)nc1-c1ccn(CCn2cccn2)n1. The van der Waals surface area contributed by atoms with Crippen molar-refractivity contribution in [3.8, 4) is 17.2 Å². The number of rotatable bonds is 8. The lowest BCUT2D eigenvalue weighted by Gasteiger charge is -2.09. The van der Waals surface area contributed by atoms with Crippen LogP contribution in [0.15, 0.2) is 84.4 Å². The average molecular weight is 476 g/mol. The van der Waals surface area contributed by atoms with E-state index in [2.05, 4.69) is 20.3 Å². The van der Waals surface area contributed by atoms with Crippen LogP contribution in [0.5, 0.6) is 0 Å². The maximum atomic E-state index is 12.3. The molecule has 5 rings (SSSR count). The molecule has 11 nitrogen and oxygen atoms in total. The minimum Gasteiger partial charge on any atom is -0.271 e. The van der Waals surface area contributed by atoms with Crippen LogP contribution in [0, 0.1) is 0 Å². The van der Waals surface area contributed by atoms with Gasteiger partial charge in [0, 0.05) is 37.4 Å². The summed E-state index contributed by atoms with van der Waals surface area (Å²) in [5.74, 6) is 0.925. The Labute approximate surface area is 195 Å². The van der Waals surface area contributed by atoms with E-state index in [-0.39, 0.29) is 4.90 Å². The molecule has 1 aromatic carbocycles. The molecule has 0 atom stereocenters. The number of benzene rings is 1. The summed E-state index contributed by atoms with van der Waals surface area (Å²) in [5.41, 5.74) is 1.83. The summed E-state index contributed by atoms with van der Waals surface area (Å²) >= 11 is 0. The Kier molecular flexibility index (Phi) is 5.74. The lowest BCUT2D eigenvalue weighted by Crippen LogP contribution is -2.16. The molecule has 5 aromatic rings. The van der Waals surface area contributed by atoms with Crippen molar-refractivity contribution in [1.82, 2.24) is 39.3 Å². The van der Waals surface area contributed by atoms with Crippen molar-refractivity contribution in [1.29, 1.82) is 0 Å². The third kappa shape index (κ3) is 4.63. The van der Waals surface area contributed by atoms with Gasteiger partial charge in [-0.2, -0.15) is 15.3 Å². The Morgan fingerprint density at radius 3 is 2.41 bits per heavy atom. The summed E-state index contributed by atoms with van der Waals surface area (Å²) in [5, 5.41) is 18.9. The molecule has 0 fully saturated rings. The zero-order chi connectivity index (χ0) is 23.5. The molecule has 172 valence electrons. The Morgan fingerprint density at radius 2 is 1.65 bits per heavy atom. The molecule has 0 radical (unpaired) electrons. The van der Waals surface area contributed by atoms with Gasteiger partial charge in [0.2, 0.25) is 10.0 Å². The van der Waals surface area contributed by atoms with Gasteiger partial charge >= 0.3 is 0 Å². The highest BCUT2D eigenvalue weighted by Gasteiger charge is 2.22. The van der Waals surface area contributed by atoms with Crippen molar-refractivity contribution in [2.75, 3.05) is 0 Å². The molecule has 0 aliphatic rings. The minimum absolute atomic E-state index is 0.0466. The van der Waals surface area contributed by atoms with Gasteiger partial charge in [-0.15, -0.1) is 0 Å². The molecule has 4 heterocycles. The fourth-order valence-corrected chi connectivity index (χ4v) is 4.28. The van der Waals surface area contributed by atoms with Crippen LogP contribution in [-0.2, 0) is 29.5 Å². The molecule has 0 bridgehead atoms. The molecule has 0 unspecified atom stereocenters. The number of hydrogen-bond acceptors (Lipinski definition) is 7. The second-order valence-electron chi connectivity index (χ2n) is 7.54. The van der Waals surface area contributed by atoms with Gasteiger partial charge in [-0.3, -0.25) is 14.3 Å². The highest BCUT2D eigenvalue weighted by atomic mass is 32.2. The Hall–Kier alpha value is -4.16. The molecule has 0 aliphatic carbocycles. The van der Waals surface area contributed by atoms with Gasteiger partial charge in [-0.1, -0.05) is 12.1 Å². The number of sulfonamides is 1. The lowest BCUT2D eigenvalue weighted by atomic mass is 10.2. The number of para-hydroxylation sites is 1. The van der Waals surface area contributed by atoms with E-state index in [0.717, 1.165) is 5.56 Å². The molecular formula is C22H21N9O2S. The molecule has 2 N–H and O–H groups in total. The van der Waals surface area contributed by atoms with Crippen LogP contribution in [0.25, 0.3) is 17.2 Å². The van der Waals surface area contributed by atoms with E-state index in [1.165, 1.54) is 10.7 Å². The van der Waals surface area contributed by atoms with Crippen LogP contribution in [0.4, 0.5) is 0 Å². The second-order valence-corrected chi connectivity index (χ2v) is 9.07. The molecule has 34 heavy (non-hydrogen) atoms. The third-order valence-electron chi connectivity index (χ3n) is 5.15. The summed E-state index contributed by atoms with van der Waals surface area (Å²) in [6.45, 7) is 1.26. The highest BCUT2D eigenvalue weighted by Crippen LogP contribution is 2.25. The normalized spacial score (nSPS) is 11.7. The predicted molar refractivity (Wildman–Crippen MR) is 123 cm³/mol. The number of aromatic nitrogens is 8. The summed E-state index contributed by atoms with van der Waals surface area (Å²) in [6, 6.07) is 13.9. The van der Waals surface area contributed by atoms with E-state index < -0.39 is 10.0 Å². The van der Waals surface area contributed by atoms with E-state index in [0.29, 0.717) is 42.5 Å². The number of pyridine rings is 1. The van der Waals surface area contributed by atoms with Gasteiger partial charge in [0.05, 0.1) is 18.8 Å². The Balaban J connectivity index is 1.55. The largest absolute Gasteiger partial charge is 0.271 e. The van der Waals surface area contributed by atoms with Crippen molar-refractivity contribution in [3.05, 3.63) is 90.9 Å². The molecule has 0 saturated carbocycles. The molecule has 0 amide bonds. The summed E-state index contributed by atoms with van der Waals surface area (Å²) < 4.78 is 29.6. The first-order valence-electron chi connectivity index (χ1n) is 10.5. The fraction of sp³-hybridized carbons (Fsp3) is 0.136. The van der Waals surface area contributed by atoms with Crippen molar-refractivity contribution < 1.29 is 8.42 Å². The van der Waals surface area contributed by atoms with Crippen molar-refractivity contribution in [3.63, 3.8) is 0 Å². The quantitative estimate of drug-likeness (QED) is 0.360. The maximum Gasteiger partial charge on any atom is 0.240 e. The minimum atomic E-state index is -3.99. The van der Waals surface area contributed by atoms with Gasteiger partial charge in [-0.25, -0.2) is 23.2 Å². The molecule has 0 spiro atoms. The van der Waals surface area contributed by atoms with Crippen LogP contribution in [0.3, 0.4) is 0 Å². The van der Waals surface area contributed by atoms with Gasteiger partial charge in [-0.05, 0) is 42.0 Å². The smallest absolute Gasteiger partial charge is 0.240 e. The van der Waals surface area contributed by atoms with Gasteiger partial charge in [0.15, 0.2) is 11.6 Å². The molecule has 4 aromatic heterocycles. The van der Waals surface area contributed by atoms with Gasteiger partial charge in [0.1, 0.15) is 10.6 Å². The standard InChI is InChI=1S/C22H21N9O2S/c23-34(32,33)20-5-2-1-4-19(20)31-22(26-21(28-31)16-17-6-10-24-11-7-17)18-8-13-30(27-18)15-14-29-12-3-9-25-29/h1-13H,14-16H2,(H2,23,32,33). The third-order valence-corrected chi connectivity index (χ3v) is 6.11. The van der Waals surface area contributed by atoms with Crippen LogP contribution < -0.4 is 5.14 Å². The number of aryl methyl sites for hydroxylation is 2. The summed E-state index contributed by atoms with van der Waals surface area (Å²) in [6.07, 6.45) is 9.29. The van der Waals surface area contributed by atoms with Crippen LogP contribution in [0.2, 0.25) is 0 Å². The van der Waals surface area contributed by atoms with E-state index in [1.807, 2.05) is 41.3 Å². The Bertz CT molecular complexity index is 1510. The monoisotopic (exact) mass is 475 g/mol. The molecule has 12 heteroatoms. The zero-order valence-electron chi connectivity index (χ0n) is 18.0. The number of nitrogens with two attached hydrogens (primary N) is 1. The molecule has 0 aliphatic heterocycles.